The number of rotatable bonds is 5. The lowest BCUT2D eigenvalue weighted by molar-refractivity contribution is -0.143. The van der Waals surface area contributed by atoms with Gasteiger partial charge in [0.2, 0.25) is 0 Å². The number of esters is 1. The van der Waals surface area contributed by atoms with E-state index < -0.39 is 5.60 Å². The van der Waals surface area contributed by atoms with E-state index in [1.54, 1.807) is 6.92 Å². The Labute approximate surface area is 155 Å². The summed E-state index contributed by atoms with van der Waals surface area (Å²) in [4.78, 5) is 13.8. The molecule has 5 nitrogen and oxygen atoms in total. The predicted molar refractivity (Wildman–Crippen MR) is 98.3 cm³/mol. The second kappa shape index (κ2) is 8.22. The van der Waals surface area contributed by atoms with Crippen LogP contribution in [0.25, 0.3) is 0 Å². The summed E-state index contributed by atoms with van der Waals surface area (Å²) in [5.41, 5.74) is 1.47. The van der Waals surface area contributed by atoms with Gasteiger partial charge >= 0.3 is 5.97 Å². The maximum absolute atomic E-state index is 11.5. The van der Waals surface area contributed by atoms with Gasteiger partial charge in [-0.2, -0.15) is 0 Å². The first kappa shape index (κ1) is 18.9. The number of hydrogen-bond donors (Lipinski definition) is 2. The fourth-order valence-electron chi connectivity index (χ4n) is 3.89. The van der Waals surface area contributed by atoms with Crippen molar-refractivity contribution in [3.8, 4) is 11.8 Å². The summed E-state index contributed by atoms with van der Waals surface area (Å²) >= 11 is 0. The lowest BCUT2D eigenvalue weighted by atomic mass is 9.75. The molecule has 3 heterocycles. The van der Waals surface area contributed by atoms with Gasteiger partial charge in [0.25, 0.3) is 0 Å². The van der Waals surface area contributed by atoms with E-state index >= 15 is 0 Å². The van der Waals surface area contributed by atoms with E-state index in [-0.39, 0.29) is 18.5 Å². The van der Waals surface area contributed by atoms with Crippen LogP contribution < -0.4 is 0 Å². The molecule has 2 bridgehead atoms. The number of benzene rings is 1. The van der Waals surface area contributed by atoms with E-state index in [0.717, 1.165) is 42.6 Å². The molecule has 0 aromatic heterocycles. The van der Waals surface area contributed by atoms with E-state index in [4.69, 9.17) is 4.74 Å². The van der Waals surface area contributed by atoms with E-state index in [9.17, 15) is 15.0 Å². The van der Waals surface area contributed by atoms with Crippen LogP contribution in [-0.2, 0) is 22.6 Å². The summed E-state index contributed by atoms with van der Waals surface area (Å²) in [5, 5.41) is 20.6. The number of ether oxygens (including phenoxy) is 1. The highest BCUT2D eigenvalue weighted by atomic mass is 16.5. The number of fused-ring (bicyclic) bond motifs is 3. The third kappa shape index (κ3) is 4.27. The Balaban J connectivity index is 1.72. The zero-order valence-electron chi connectivity index (χ0n) is 15.3. The molecule has 5 heteroatoms. The van der Waals surface area contributed by atoms with Crippen LogP contribution >= 0.6 is 0 Å². The molecule has 26 heavy (non-hydrogen) atoms. The Kier molecular flexibility index (Phi) is 5.98. The zero-order chi connectivity index (χ0) is 18.6. The van der Waals surface area contributed by atoms with Crippen LogP contribution in [0.15, 0.2) is 18.2 Å². The van der Waals surface area contributed by atoms with E-state index in [0.29, 0.717) is 26.0 Å². The number of carbonyl (C=O) groups is 1. The van der Waals surface area contributed by atoms with Gasteiger partial charge in [-0.15, -0.1) is 0 Å². The fourth-order valence-corrected chi connectivity index (χ4v) is 3.89. The number of aliphatic hydroxyl groups is 2. The lowest BCUT2D eigenvalue weighted by Crippen LogP contribution is -2.58. The summed E-state index contributed by atoms with van der Waals surface area (Å²) < 4.78 is 4.94. The van der Waals surface area contributed by atoms with Gasteiger partial charge in [0.1, 0.15) is 5.60 Å². The molecule has 0 saturated carbocycles. The monoisotopic (exact) mass is 357 g/mol. The molecule has 4 rings (SSSR count). The van der Waals surface area contributed by atoms with Crippen molar-refractivity contribution in [2.75, 3.05) is 26.2 Å². The molecular weight excluding hydrogens is 330 g/mol. The Morgan fingerprint density at radius 1 is 1.38 bits per heavy atom. The normalized spacial score (nSPS) is 26.9. The highest BCUT2D eigenvalue weighted by Crippen LogP contribution is 2.35. The summed E-state index contributed by atoms with van der Waals surface area (Å²) in [6.45, 7) is 4.76. The number of carbonyl (C=O) groups excluding carboxylic acids is 1. The van der Waals surface area contributed by atoms with Crippen LogP contribution in [0.4, 0.5) is 0 Å². The predicted octanol–water partition coefficient (Wildman–Crippen LogP) is 1.48. The van der Waals surface area contributed by atoms with Crippen molar-refractivity contribution >= 4 is 5.97 Å². The zero-order valence-corrected chi connectivity index (χ0v) is 15.3. The summed E-state index contributed by atoms with van der Waals surface area (Å²) in [6.07, 6.45) is 2.87. The van der Waals surface area contributed by atoms with Crippen LogP contribution in [0.2, 0.25) is 0 Å². The van der Waals surface area contributed by atoms with Crippen molar-refractivity contribution in [2.24, 2.45) is 5.92 Å². The summed E-state index contributed by atoms with van der Waals surface area (Å²) in [5.74, 6) is 6.20. The molecule has 3 saturated heterocycles. The third-order valence-corrected chi connectivity index (χ3v) is 5.40. The van der Waals surface area contributed by atoms with Crippen molar-refractivity contribution in [1.29, 1.82) is 0 Å². The Hall–Kier alpha value is -1.87. The minimum atomic E-state index is -0.953. The van der Waals surface area contributed by atoms with Gasteiger partial charge < -0.3 is 14.9 Å². The van der Waals surface area contributed by atoms with Gasteiger partial charge in [0.15, 0.2) is 0 Å². The van der Waals surface area contributed by atoms with Crippen LogP contribution in [0.5, 0.6) is 0 Å². The molecule has 3 aliphatic rings. The first-order valence-electron chi connectivity index (χ1n) is 9.40. The lowest BCUT2D eigenvalue weighted by Gasteiger charge is -2.47. The Morgan fingerprint density at radius 3 is 2.77 bits per heavy atom. The smallest absolute Gasteiger partial charge is 0.306 e. The molecule has 0 aliphatic carbocycles. The maximum Gasteiger partial charge on any atom is 0.306 e. The van der Waals surface area contributed by atoms with Gasteiger partial charge in [-0.05, 0) is 56.5 Å². The molecule has 1 atom stereocenters. The second-order valence-electron chi connectivity index (χ2n) is 7.18. The highest BCUT2D eigenvalue weighted by molar-refractivity contribution is 5.69. The van der Waals surface area contributed by atoms with Crippen LogP contribution in [-0.4, -0.2) is 52.9 Å². The van der Waals surface area contributed by atoms with Crippen molar-refractivity contribution in [1.82, 2.24) is 4.90 Å². The molecule has 1 aromatic rings. The summed E-state index contributed by atoms with van der Waals surface area (Å²) in [7, 11) is 0. The maximum atomic E-state index is 11.5. The van der Waals surface area contributed by atoms with Gasteiger partial charge in [0, 0.05) is 24.4 Å². The minimum Gasteiger partial charge on any atom is -0.466 e. The highest BCUT2D eigenvalue weighted by Gasteiger charge is 2.44. The van der Waals surface area contributed by atoms with E-state index in [1.165, 1.54) is 0 Å². The third-order valence-electron chi connectivity index (χ3n) is 5.40. The van der Waals surface area contributed by atoms with Crippen molar-refractivity contribution < 1.29 is 19.7 Å². The first-order valence-corrected chi connectivity index (χ1v) is 9.40. The van der Waals surface area contributed by atoms with Crippen LogP contribution in [0, 0.1) is 17.8 Å². The van der Waals surface area contributed by atoms with Gasteiger partial charge in [-0.3, -0.25) is 9.69 Å². The molecule has 0 radical (unpaired) electrons. The van der Waals surface area contributed by atoms with Crippen LogP contribution in [0.1, 0.15) is 42.9 Å². The molecule has 1 aromatic carbocycles. The molecule has 3 aliphatic heterocycles. The standard InChI is InChI=1S/C21H27NO4/c1-2-26-20(24)6-4-16-3-5-17(18(13-16)14-23)7-10-21(25)15-22-11-8-19(21)9-12-22/h3,5,13,19,23,25H,2,4,6,8-9,11-12,14-15H2,1H3. The number of aryl methyl sites for hydroxylation is 1. The fraction of sp³-hybridized carbons (Fsp3) is 0.571. The van der Waals surface area contributed by atoms with Crippen molar-refractivity contribution in [3.63, 3.8) is 0 Å². The second-order valence-corrected chi connectivity index (χ2v) is 7.18. The topological polar surface area (TPSA) is 70.0 Å². The molecule has 0 amide bonds. The largest absolute Gasteiger partial charge is 0.466 e. The summed E-state index contributed by atoms with van der Waals surface area (Å²) in [6, 6.07) is 5.66. The number of hydrogen-bond acceptors (Lipinski definition) is 5. The van der Waals surface area contributed by atoms with E-state index in [2.05, 4.69) is 16.7 Å². The van der Waals surface area contributed by atoms with Gasteiger partial charge in [0.05, 0.1) is 13.2 Å². The van der Waals surface area contributed by atoms with Crippen LogP contribution in [0.3, 0.4) is 0 Å². The average molecular weight is 357 g/mol. The quantitative estimate of drug-likeness (QED) is 0.617. The number of piperidine rings is 3. The molecule has 1 unspecified atom stereocenters. The van der Waals surface area contributed by atoms with Crippen molar-refractivity contribution in [3.05, 3.63) is 34.9 Å². The SMILES string of the molecule is CCOC(=O)CCc1ccc(C#CC2(O)CN3CCC2CC3)c(CO)c1. The number of aliphatic hydroxyl groups excluding tert-OH is 1. The van der Waals surface area contributed by atoms with Gasteiger partial charge in [-0.25, -0.2) is 0 Å². The Morgan fingerprint density at radius 2 is 2.15 bits per heavy atom. The van der Waals surface area contributed by atoms with Gasteiger partial charge in [-0.1, -0.05) is 24.0 Å². The minimum absolute atomic E-state index is 0.120. The number of nitrogens with zero attached hydrogens (tertiary/aromatic N) is 1. The Bertz CT molecular complexity index is 712. The first-order chi connectivity index (χ1) is 12.5. The van der Waals surface area contributed by atoms with Crippen molar-refractivity contribution in [2.45, 2.75) is 44.8 Å². The van der Waals surface area contributed by atoms with E-state index in [1.807, 2.05) is 18.2 Å². The average Bonchev–Trinajstić information content (AvgIpc) is 2.66. The molecule has 140 valence electrons. The molecular formula is C21H27NO4. The molecule has 3 fully saturated rings. The molecule has 0 spiro atoms. The molecule has 2 N–H and O–H groups in total.